The van der Waals surface area contributed by atoms with Crippen LogP contribution in [0, 0.1) is 0 Å². The molecule has 0 atom stereocenters. The molecule has 107 heavy (non-hydrogen) atoms. The fourth-order valence-electron chi connectivity index (χ4n) is 10.2. The van der Waals surface area contributed by atoms with E-state index in [0.29, 0.717) is 68.4 Å². The number of nitrogens with two attached hydrogens (primary N) is 1. The number of nitrogens with one attached hydrogen (secondary N) is 1. The lowest BCUT2D eigenvalue weighted by Crippen LogP contribution is -2.19. The van der Waals surface area contributed by atoms with E-state index in [9.17, 15) is 77.0 Å². The van der Waals surface area contributed by atoms with Gasteiger partial charge in [-0.1, -0.05) is 41.9 Å². The molecule has 8 heterocycles. The molecule has 0 aliphatic rings. The maximum atomic E-state index is 12.8. The molecular weight excluding hydrogens is 1460 g/mol. The minimum absolute atomic E-state index is 0.216. The van der Waals surface area contributed by atoms with Gasteiger partial charge in [-0.15, -0.1) is 52.7 Å². The van der Waals surface area contributed by atoms with E-state index in [1.807, 2.05) is 36.5 Å². The van der Waals surface area contributed by atoms with Crippen molar-refractivity contribution in [2.24, 2.45) is 28.2 Å². The number of hydrogen-bond acceptors (Lipinski definition) is 15. The van der Waals surface area contributed by atoms with Crippen LogP contribution in [0.15, 0.2) is 245 Å². The molecule has 23 nitrogen and oxygen atoms in total. The fourth-order valence-corrected chi connectivity index (χ4v) is 10.5. The largest absolute Gasteiger partial charge is 0.573 e. The summed E-state index contributed by atoms with van der Waals surface area (Å²) in [5.41, 5.74) is 12.7. The zero-order chi connectivity index (χ0) is 77.3. The molecule has 0 radical (unpaired) electrons. The summed E-state index contributed by atoms with van der Waals surface area (Å²) in [6.07, 6.45) is 0.302. The monoisotopic (exact) mass is 1510 g/mol. The van der Waals surface area contributed by atoms with Crippen LogP contribution < -0.4 is 52.2 Å². The van der Waals surface area contributed by atoms with Gasteiger partial charge in [0.05, 0.1) is 29.8 Å². The highest BCUT2D eigenvalue weighted by molar-refractivity contribution is 6.33. The summed E-state index contributed by atoms with van der Waals surface area (Å²) in [6.45, 7) is 0.515. The lowest BCUT2D eigenvalue weighted by Gasteiger charge is -2.15. The summed E-state index contributed by atoms with van der Waals surface area (Å²) in [5, 5.41) is 29.9. The van der Waals surface area contributed by atoms with Crippen molar-refractivity contribution in [3.8, 4) is 96.0 Å². The Morgan fingerprint density at radius 1 is 0.393 bits per heavy atom. The van der Waals surface area contributed by atoms with Gasteiger partial charge in [-0.05, 0) is 103 Å². The third kappa shape index (κ3) is 20.8. The smallest absolute Gasteiger partial charge is 0.507 e. The molecule has 0 fully saturated rings. The highest BCUT2D eigenvalue weighted by Gasteiger charge is 2.34. The van der Waals surface area contributed by atoms with E-state index in [2.05, 4.69) is 44.7 Å². The average molecular weight is 1510 g/mol. The minimum Gasteiger partial charge on any atom is -0.507 e. The number of aromatic hydroxyl groups is 1. The van der Waals surface area contributed by atoms with Gasteiger partial charge in [0.15, 0.2) is 0 Å². The Kier molecular flexibility index (Phi) is 22.7. The second-order valence-electron chi connectivity index (χ2n) is 22.8. The second kappa shape index (κ2) is 31.8. The van der Waals surface area contributed by atoms with Crippen molar-refractivity contribution in [3.05, 3.63) is 278 Å². The number of halogens is 13. The van der Waals surface area contributed by atoms with Crippen LogP contribution in [-0.4, -0.2) is 87.9 Å². The Morgan fingerprint density at radius 2 is 0.692 bits per heavy atom. The van der Waals surface area contributed by atoms with Crippen molar-refractivity contribution in [1.29, 1.82) is 0 Å². The van der Waals surface area contributed by atoms with Gasteiger partial charge in [-0.3, -0.25) is 56.2 Å². The zero-order valence-corrected chi connectivity index (χ0v) is 56.4. The molecule has 0 saturated heterocycles. The Balaban J connectivity index is 0.000000153. The number of aryl methyl sites for hydroxylation is 4. The van der Waals surface area contributed by atoms with Gasteiger partial charge >= 0.3 is 25.4 Å². The van der Waals surface area contributed by atoms with Gasteiger partial charge < -0.3 is 35.1 Å². The zero-order valence-electron chi connectivity index (χ0n) is 55.6. The van der Waals surface area contributed by atoms with E-state index in [-0.39, 0.29) is 39.3 Å². The van der Waals surface area contributed by atoms with Crippen molar-refractivity contribution in [2.75, 3.05) is 11.1 Å². The minimum atomic E-state index is -4.79. The molecule has 0 bridgehead atoms. The molecule has 0 aliphatic carbocycles. The average Bonchev–Trinajstić information content (AvgIpc) is 1.80. The first-order chi connectivity index (χ1) is 50.5. The third-order valence-corrected chi connectivity index (χ3v) is 15.3. The Morgan fingerprint density at radius 3 is 1.05 bits per heavy atom. The molecule has 5 aromatic carbocycles. The number of nitrogens with zero attached hydrogens (tertiary/aromatic N) is 12. The predicted molar refractivity (Wildman–Crippen MR) is 369 cm³/mol. The van der Waals surface area contributed by atoms with Crippen molar-refractivity contribution < 1.29 is 76.7 Å². The molecule has 0 aliphatic heterocycles. The number of anilines is 2. The normalized spacial score (nSPS) is 11.5. The first-order valence-corrected chi connectivity index (χ1v) is 31.2. The van der Waals surface area contributed by atoms with Gasteiger partial charge in [-0.25, -0.2) is 0 Å². The number of ether oxygens (including phenoxy) is 4. The topological polar surface area (TPSA) is 254 Å². The van der Waals surface area contributed by atoms with E-state index >= 15 is 0 Å². The van der Waals surface area contributed by atoms with E-state index in [1.54, 1.807) is 85.6 Å². The highest BCUT2D eigenvalue weighted by atomic mass is 35.5. The summed E-state index contributed by atoms with van der Waals surface area (Å²) in [7, 11) is 6.98. The second-order valence-corrected chi connectivity index (χ2v) is 23.2. The quantitative estimate of drug-likeness (QED) is 0.0807. The Hall–Kier alpha value is -13.2. The summed E-state index contributed by atoms with van der Waals surface area (Å²) in [5.74, 6) is -1.71. The molecule has 0 spiro atoms. The van der Waals surface area contributed by atoms with Crippen LogP contribution in [0.25, 0.3) is 67.3 Å². The lowest BCUT2D eigenvalue weighted by molar-refractivity contribution is -0.275. The number of pyridine rings is 4. The molecule has 8 aromatic heterocycles. The lowest BCUT2D eigenvalue weighted by atomic mass is 10.1. The summed E-state index contributed by atoms with van der Waals surface area (Å²) in [6, 6.07) is 34.6. The number of benzene rings is 5. The van der Waals surface area contributed by atoms with E-state index in [0.717, 1.165) is 59.2 Å². The van der Waals surface area contributed by atoms with Gasteiger partial charge in [0.1, 0.15) is 28.7 Å². The summed E-state index contributed by atoms with van der Waals surface area (Å²) < 4.78 is 174. The highest BCUT2D eigenvalue weighted by Crippen LogP contribution is 2.34. The molecule has 4 N–H and O–H groups in total. The van der Waals surface area contributed by atoms with E-state index < -0.39 is 47.9 Å². The fraction of sp³-hybridized carbons (Fsp3) is 0.127. The summed E-state index contributed by atoms with van der Waals surface area (Å²) in [4.78, 5) is 49.3. The van der Waals surface area contributed by atoms with Crippen LogP contribution in [0.3, 0.4) is 0 Å². The van der Waals surface area contributed by atoms with Gasteiger partial charge in [0.25, 0.3) is 22.2 Å². The standard InChI is InChI=1S/C23H19F3N4O2.C16H11ClF3N3O2.C16H13F3N4O2.C16H12F3N3O3/c1-29-14-17(13-28-29)20-15-30(18-7-9-19(10-8-18)32-23(24,25)26)22(31)11-21(20)27-12-16-5-3-2-4-6-16;1-22-8-10(7-21-22)13-9-23(15(24)6-14(13)17)11-2-4-12(5-3-11)25-16(18,19)20;1-22-8-10(7-21-22)13-9-23(15(24)6-14(13)20)11-2-4-12(5-3-11)25-16(17,18)19;1-21-8-10(7-20-21)13-9-22(15(24)6-14(13)23)11-2-4-12(5-3-11)25-16(17,18)19/h2-11,13-15,27H,12H2,1H3;2-9H,1H3;2-9H,20H2,1H3;2-9,23H,1H3. The van der Waals surface area contributed by atoms with Gasteiger partial charge in [-0.2, -0.15) is 20.4 Å². The van der Waals surface area contributed by atoms with Crippen LogP contribution in [0.4, 0.5) is 64.1 Å². The maximum Gasteiger partial charge on any atom is 0.573 e. The third-order valence-electron chi connectivity index (χ3n) is 15.0. The maximum absolute atomic E-state index is 12.8. The van der Waals surface area contributed by atoms with Crippen molar-refractivity contribution in [2.45, 2.75) is 32.0 Å². The number of aromatic nitrogens is 12. The molecule has 0 unspecified atom stereocenters. The van der Waals surface area contributed by atoms with Gasteiger partial charge in [0, 0.05) is 187 Å². The van der Waals surface area contributed by atoms with E-state index in [4.69, 9.17) is 17.3 Å². The van der Waals surface area contributed by atoms with Crippen LogP contribution in [0.5, 0.6) is 28.7 Å². The number of nitrogen functional groups attached to an aromatic ring is 1. The summed E-state index contributed by atoms with van der Waals surface area (Å²) >= 11 is 6.14. The first kappa shape index (κ1) is 76.4. The molecule has 13 aromatic rings. The van der Waals surface area contributed by atoms with Crippen LogP contribution in [-0.2, 0) is 34.7 Å². The van der Waals surface area contributed by atoms with Gasteiger partial charge in [0.2, 0.25) is 0 Å². The van der Waals surface area contributed by atoms with Crippen molar-refractivity contribution in [1.82, 2.24) is 57.4 Å². The number of hydrogen-bond donors (Lipinski definition) is 3. The SMILES string of the molecule is Cn1cc(-c2cn(-c3ccc(OC(F)(F)F)cc3)c(=O)cc2Cl)cn1.Cn1cc(-c2cn(-c3ccc(OC(F)(F)F)cc3)c(=O)cc2N)cn1.Cn1cc(-c2cn(-c3ccc(OC(F)(F)F)cc3)c(=O)cc2NCc2ccccc2)cn1.Cn1cc(-c2cn(-c3ccc(OC(F)(F)F)cc3)c(=O)cc2O)cn1. The predicted octanol–water partition coefficient (Wildman–Crippen LogP) is 14.1. The molecule has 554 valence electrons. The number of rotatable bonds is 15. The van der Waals surface area contributed by atoms with Crippen LogP contribution in [0.1, 0.15) is 5.56 Å². The van der Waals surface area contributed by atoms with E-state index in [1.165, 1.54) is 127 Å². The Bertz CT molecular complexity index is 5120. The molecule has 13 rings (SSSR count). The first-order valence-electron chi connectivity index (χ1n) is 30.8. The number of alkyl halides is 12. The van der Waals surface area contributed by atoms with Crippen molar-refractivity contribution in [3.63, 3.8) is 0 Å². The molecule has 36 heteroatoms. The van der Waals surface area contributed by atoms with Crippen LogP contribution >= 0.6 is 11.6 Å². The molecular formula is C71H55ClF12N14O9. The van der Waals surface area contributed by atoms with Crippen molar-refractivity contribution >= 4 is 23.0 Å². The molecule has 0 amide bonds. The molecule has 0 saturated carbocycles. The Labute approximate surface area is 600 Å². The van der Waals surface area contributed by atoms with Crippen LogP contribution in [0.2, 0.25) is 5.02 Å².